The van der Waals surface area contributed by atoms with E-state index in [1.807, 2.05) is 0 Å². The highest BCUT2D eigenvalue weighted by molar-refractivity contribution is 6.35. The van der Waals surface area contributed by atoms with Crippen molar-refractivity contribution in [3.8, 4) is 0 Å². The van der Waals surface area contributed by atoms with E-state index in [4.69, 9.17) is 0 Å². The average Bonchev–Trinajstić information content (AvgIpc) is 2.98. The van der Waals surface area contributed by atoms with Gasteiger partial charge in [-0.3, -0.25) is 14.5 Å². The molecule has 1 aromatic rings. The predicted octanol–water partition coefficient (Wildman–Crippen LogP) is 3.16. The largest absolute Gasteiger partial charge is 0.374 e. The average molecular weight is 427 g/mol. The van der Waals surface area contributed by atoms with Gasteiger partial charge in [0.15, 0.2) is 0 Å². The molecule has 0 unspecified atom stereocenters. The number of carbonyl (C=O) groups excluding carboxylic acids is 2. The Morgan fingerprint density at radius 2 is 1.68 bits per heavy atom. The minimum atomic E-state index is -0.493. The van der Waals surface area contributed by atoms with Crippen LogP contribution < -0.4 is 15.5 Å². The second-order valence-corrected chi connectivity index (χ2v) is 9.54. The number of likely N-dealkylation sites (tertiary alicyclic amines) is 1. The molecule has 2 heterocycles. The maximum atomic E-state index is 12.6. The highest BCUT2D eigenvalue weighted by atomic mass is 16.2. The summed E-state index contributed by atoms with van der Waals surface area (Å²) in [7, 11) is 2.14. The Labute approximate surface area is 186 Å². The number of nitrogens with zero attached hydrogens (tertiary/aromatic N) is 2. The number of fused-ring (bicyclic) bond motifs is 1. The maximum absolute atomic E-state index is 12.6. The number of nitrogens with one attached hydrogen (secondary N) is 2. The molecule has 1 aromatic carbocycles. The summed E-state index contributed by atoms with van der Waals surface area (Å²) in [6, 6.07) is 7.00. The number of hydrogen-bond acceptors (Lipinski definition) is 4. The predicted molar refractivity (Wildman–Crippen MR) is 124 cm³/mol. The fourth-order valence-electron chi connectivity index (χ4n) is 5.43. The van der Waals surface area contributed by atoms with Crippen molar-refractivity contribution < 1.29 is 9.59 Å². The summed E-state index contributed by atoms with van der Waals surface area (Å²) in [6.45, 7) is 3.63. The monoisotopic (exact) mass is 426 g/mol. The van der Waals surface area contributed by atoms with E-state index in [1.165, 1.54) is 48.9 Å². The molecular weight excluding hydrogens is 388 g/mol. The highest BCUT2D eigenvalue weighted by Crippen LogP contribution is 2.32. The van der Waals surface area contributed by atoms with Crippen molar-refractivity contribution in [2.75, 3.05) is 38.1 Å². The Morgan fingerprint density at radius 3 is 2.42 bits per heavy atom. The quantitative estimate of drug-likeness (QED) is 0.561. The van der Waals surface area contributed by atoms with Gasteiger partial charge in [0.05, 0.1) is 6.04 Å². The summed E-state index contributed by atoms with van der Waals surface area (Å²) in [5, 5.41) is 5.93. The van der Waals surface area contributed by atoms with Crippen LogP contribution in [0.1, 0.15) is 75.0 Å². The van der Waals surface area contributed by atoms with Gasteiger partial charge in [0.2, 0.25) is 0 Å². The zero-order valence-corrected chi connectivity index (χ0v) is 19.0. The van der Waals surface area contributed by atoms with E-state index in [2.05, 4.69) is 45.7 Å². The molecule has 1 atom stereocenters. The number of anilines is 1. The summed E-state index contributed by atoms with van der Waals surface area (Å²) in [5.74, 6) is -0.966. The molecule has 6 heteroatoms. The summed E-state index contributed by atoms with van der Waals surface area (Å²) >= 11 is 0. The molecule has 4 rings (SSSR count). The number of likely N-dealkylation sites (N-methyl/N-ethyl adjacent to an activating group) is 1. The zero-order chi connectivity index (χ0) is 21.6. The van der Waals surface area contributed by atoms with Gasteiger partial charge in [-0.2, -0.15) is 0 Å². The smallest absolute Gasteiger partial charge is 0.309 e. The van der Waals surface area contributed by atoms with Crippen LogP contribution in [0.15, 0.2) is 18.2 Å². The van der Waals surface area contributed by atoms with Crippen molar-refractivity contribution in [1.82, 2.24) is 15.5 Å². The van der Waals surface area contributed by atoms with Gasteiger partial charge in [-0.15, -0.1) is 0 Å². The molecule has 1 aliphatic carbocycles. The van der Waals surface area contributed by atoms with Crippen molar-refractivity contribution in [1.29, 1.82) is 0 Å². The third kappa shape index (κ3) is 5.59. The zero-order valence-electron chi connectivity index (χ0n) is 19.0. The van der Waals surface area contributed by atoms with Gasteiger partial charge in [0.25, 0.3) is 0 Å². The van der Waals surface area contributed by atoms with Crippen molar-refractivity contribution in [2.24, 2.45) is 0 Å². The molecule has 0 radical (unpaired) electrons. The molecule has 2 aliphatic heterocycles. The number of hydrogen-bond donors (Lipinski definition) is 2. The maximum Gasteiger partial charge on any atom is 0.309 e. The van der Waals surface area contributed by atoms with Gasteiger partial charge in [0, 0.05) is 31.9 Å². The Morgan fingerprint density at radius 1 is 0.968 bits per heavy atom. The lowest BCUT2D eigenvalue weighted by Gasteiger charge is -2.35. The molecule has 2 amide bonds. The van der Waals surface area contributed by atoms with Crippen molar-refractivity contribution in [3.63, 3.8) is 0 Å². The van der Waals surface area contributed by atoms with Crippen LogP contribution >= 0.6 is 0 Å². The Kier molecular flexibility index (Phi) is 7.49. The van der Waals surface area contributed by atoms with Crippen LogP contribution in [0.2, 0.25) is 0 Å². The molecule has 3 aliphatic rings. The third-order valence-electron chi connectivity index (χ3n) is 7.30. The number of amides is 2. The SMILES string of the molecule is CN1CCc2cc([C@@H](CNC(=O)C(=O)NC3CCCCCC3)N3CCCCC3)ccc21. The first-order valence-corrected chi connectivity index (χ1v) is 12.3. The molecule has 2 N–H and O–H groups in total. The van der Waals surface area contributed by atoms with Crippen molar-refractivity contribution in [2.45, 2.75) is 76.3 Å². The van der Waals surface area contributed by atoms with E-state index < -0.39 is 11.8 Å². The van der Waals surface area contributed by atoms with Crippen LogP contribution in [0.25, 0.3) is 0 Å². The van der Waals surface area contributed by atoms with Crippen LogP contribution in [-0.2, 0) is 16.0 Å². The lowest BCUT2D eigenvalue weighted by atomic mass is 9.98. The van der Waals surface area contributed by atoms with Gasteiger partial charge in [-0.05, 0) is 62.4 Å². The van der Waals surface area contributed by atoms with Gasteiger partial charge in [-0.25, -0.2) is 0 Å². The Bertz CT molecular complexity index is 767. The van der Waals surface area contributed by atoms with Crippen LogP contribution in [0, 0.1) is 0 Å². The molecule has 2 fully saturated rings. The van der Waals surface area contributed by atoms with E-state index in [9.17, 15) is 9.59 Å². The first-order chi connectivity index (χ1) is 15.1. The first-order valence-electron chi connectivity index (χ1n) is 12.3. The molecule has 0 bridgehead atoms. The van der Waals surface area contributed by atoms with E-state index >= 15 is 0 Å². The topological polar surface area (TPSA) is 64.7 Å². The molecule has 170 valence electrons. The molecule has 1 saturated heterocycles. The summed E-state index contributed by atoms with van der Waals surface area (Å²) in [5.41, 5.74) is 3.95. The Hall–Kier alpha value is -2.08. The molecular formula is C25H38N4O2. The van der Waals surface area contributed by atoms with E-state index in [0.29, 0.717) is 6.54 Å². The van der Waals surface area contributed by atoms with Gasteiger partial charge < -0.3 is 15.5 Å². The van der Waals surface area contributed by atoms with Crippen LogP contribution in [0.4, 0.5) is 5.69 Å². The number of rotatable bonds is 5. The van der Waals surface area contributed by atoms with Crippen molar-refractivity contribution >= 4 is 17.5 Å². The fraction of sp³-hybridized carbons (Fsp3) is 0.680. The van der Waals surface area contributed by atoms with E-state index in [0.717, 1.165) is 51.7 Å². The number of carbonyl (C=O) groups is 2. The second kappa shape index (κ2) is 10.5. The van der Waals surface area contributed by atoms with Gasteiger partial charge >= 0.3 is 11.8 Å². The Balaban J connectivity index is 1.40. The van der Waals surface area contributed by atoms with Crippen molar-refractivity contribution in [3.05, 3.63) is 29.3 Å². The minimum Gasteiger partial charge on any atom is -0.374 e. The molecule has 0 aromatic heterocycles. The highest BCUT2D eigenvalue weighted by Gasteiger charge is 2.27. The van der Waals surface area contributed by atoms with E-state index in [1.54, 1.807) is 0 Å². The summed E-state index contributed by atoms with van der Waals surface area (Å²) < 4.78 is 0. The fourth-order valence-corrected chi connectivity index (χ4v) is 5.43. The first kappa shape index (κ1) is 22.1. The lowest BCUT2D eigenvalue weighted by Crippen LogP contribution is -2.47. The number of benzene rings is 1. The standard InChI is InChI=1S/C25H38N4O2/c1-28-16-13-20-17-19(11-12-22(20)28)23(29-14-7-4-8-15-29)18-26-24(30)25(31)27-21-9-5-2-3-6-10-21/h11-12,17,21,23H,2-10,13-16,18H2,1H3,(H,26,30)(H,27,31)/t23-/m1/s1. The molecule has 0 spiro atoms. The normalized spacial score (nSPS) is 21.3. The minimum absolute atomic E-state index is 0.117. The lowest BCUT2D eigenvalue weighted by molar-refractivity contribution is -0.139. The van der Waals surface area contributed by atoms with E-state index in [-0.39, 0.29) is 12.1 Å². The van der Waals surface area contributed by atoms with Gasteiger partial charge in [0.1, 0.15) is 0 Å². The summed E-state index contributed by atoms with van der Waals surface area (Å²) in [4.78, 5) is 29.9. The summed E-state index contributed by atoms with van der Waals surface area (Å²) in [6.07, 6.45) is 11.4. The van der Waals surface area contributed by atoms with Gasteiger partial charge in [-0.1, -0.05) is 44.2 Å². The third-order valence-corrected chi connectivity index (χ3v) is 7.30. The van der Waals surface area contributed by atoms with Crippen LogP contribution in [0.3, 0.4) is 0 Å². The molecule has 1 saturated carbocycles. The number of piperidine rings is 1. The van der Waals surface area contributed by atoms with Crippen LogP contribution in [0.5, 0.6) is 0 Å². The molecule has 31 heavy (non-hydrogen) atoms. The second-order valence-electron chi connectivity index (χ2n) is 9.54. The van der Waals surface area contributed by atoms with Crippen LogP contribution in [-0.4, -0.2) is 56.0 Å². The molecule has 6 nitrogen and oxygen atoms in total.